The summed E-state index contributed by atoms with van der Waals surface area (Å²) in [6.07, 6.45) is 5.18. The van der Waals surface area contributed by atoms with Crippen LogP contribution in [0.1, 0.15) is 18.9 Å². The molecule has 27 heavy (non-hydrogen) atoms. The third-order valence-electron chi connectivity index (χ3n) is 6.61. The average Bonchev–Trinajstić information content (AvgIpc) is 3.40. The molecule has 0 spiro atoms. The predicted octanol–water partition coefficient (Wildman–Crippen LogP) is 2.91. The van der Waals surface area contributed by atoms with Gasteiger partial charge >= 0.3 is 6.09 Å². The van der Waals surface area contributed by atoms with Gasteiger partial charge in [-0.1, -0.05) is 48.1 Å². The second-order valence-corrected chi connectivity index (χ2v) is 8.02. The van der Waals surface area contributed by atoms with Crippen LogP contribution in [0.2, 0.25) is 0 Å². The maximum Gasteiger partial charge on any atom is 0.417 e. The number of benzene rings is 1. The molecule has 0 unspecified atom stereocenters. The van der Waals surface area contributed by atoms with Crippen molar-refractivity contribution in [1.82, 2.24) is 4.90 Å². The largest absolute Gasteiger partial charge is 0.447 e. The van der Waals surface area contributed by atoms with E-state index in [1.807, 2.05) is 37.3 Å². The first-order valence-corrected chi connectivity index (χ1v) is 9.54. The summed E-state index contributed by atoms with van der Waals surface area (Å²) in [5, 5.41) is 0. The minimum absolute atomic E-state index is 0.0856. The van der Waals surface area contributed by atoms with Crippen LogP contribution in [-0.2, 0) is 20.7 Å². The molecule has 1 aliphatic heterocycles. The zero-order valence-electron chi connectivity index (χ0n) is 15.1. The van der Waals surface area contributed by atoms with Crippen LogP contribution in [0.3, 0.4) is 0 Å². The first kappa shape index (κ1) is 16.5. The highest BCUT2D eigenvalue weighted by atomic mass is 16.6. The van der Waals surface area contributed by atoms with Gasteiger partial charge in [0.2, 0.25) is 0 Å². The monoisotopic (exact) mass is 363 g/mol. The molecular weight excluding hydrogens is 342 g/mol. The number of cyclic esters (lactones) is 1. The number of nitrogens with zero attached hydrogens (tertiary/aromatic N) is 1. The zero-order chi connectivity index (χ0) is 18.7. The highest BCUT2D eigenvalue weighted by molar-refractivity contribution is 6.25. The molecule has 5 atom stereocenters. The minimum Gasteiger partial charge on any atom is -0.447 e. The molecule has 0 radical (unpaired) electrons. The Morgan fingerprint density at radius 3 is 2.52 bits per heavy atom. The van der Waals surface area contributed by atoms with Crippen molar-refractivity contribution < 1.29 is 19.1 Å². The van der Waals surface area contributed by atoms with Gasteiger partial charge in [0.05, 0.1) is 11.6 Å². The lowest BCUT2D eigenvalue weighted by Crippen LogP contribution is -2.42. The van der Waals surface area contributed by atoms with Crippen molar-refractivity contribution in [2.24, 2.45) is 23.7 Å². The summed E-state index contributed by atoms with van der Waals surface area (Å²) in [5.74, 6) is 0.0216. The van der Waals surface area contributed by atoms with E-state index < -0.39 is 12.0 Å². The lowest BCUT2D eigenvalue weighted by Gasteiger charge is -2.21. The zero-order valence-corrected chi connectivity index (χ0v) is 15.1. The van der Waals surface area contributed by atoms with Crippen molar-refractivity contribution in [3.05, 3.63) is 59.2 Å². The summed E-state index contributed by atoms with van der Waals surface area (Å²) >= 11 is 0. The molecule has 4 aliphatic rings. The normalized spacial score (nSPS) is 33.8. The fraction of sp³-hybridized carbons (Fsp3) is 0.409. The molecule has 1 aromatic rings. The summed E-state index contributed by atoms with van der Waals surface area (Å²) in [7, 11) is 0. The van der Waals surface area contributed by atoms with E-state index >= 15 is 0 Å². The molecule has 2 amide bonds. The van der Waals surface area contributed by atoms with Gasteiger partial charge in [-0.2, -0.15) is 0 Å². The Hall–Kier alpha value is -2.69. The summed E-state index contributed by atoms with van der Waals surface area (Å²) in [5.41, 5.74) is 2.10. The number of rotatable bonds is 3. The topological polar surface area (TPSA) is 63.7 Å². The maximum absolute atomic E-state index is 13.3. The Bertz CT molecular complexity index is 900. The molecule has 3 aliphatic carbocycles. The lowest BCUT2D eigenvalue weighted by molar-refractivity contribution is -0.129. The Kier molecular flexibility index (Phi) is 3.61. The standard InChI is InChI=1S/C22H21NO4/c1-12-17-14-7-8-15(10-14)19(17)20(24)18(12)21(25)23-16(11-27-22(23)26)9-13-5-3-2-4-6-13/h2-8,14-17,19H,9-11H2,1H3/t14-,15+,16+,17+,19-/m1/s1. The van der Waals surface area contributed by atoms with Crippen molar-refractivity contribution in [3.63, 3.8) is 0 Å². The van der Waals surface area contributed by atoms with Crippen molar-refractivity contribution in [2.45, 2.75) is 25.8 Å². The smallest absolute Gasteiger partial charge is 0.417 e. The third-order valence-corrected chi connectivity index (χ3v) is 6.61. The van der Waals surface area contributed by atoms with E-state index in [9.17, 15) is 14.4 Å². The summed E-state index contributed by atoms with van der Waals surface area (Å²) < 4.78 is 5.17. The number of hydrogen-bond acceptors (Lipinski definition) is 4. The fourth-order valence-corrected chi connectivity index (χ4v) is 5.44. The van der Waals surface area contributed by atoms with E-state index in [-0.39, 0.29) is 41.8 Å². The van der Waals surface area contributed by atoms with E-state index in [1.54, 1.807) is 0 Å². The highest BCUT2D eigenvalue weighted by Gasteiger charge is 2.56. The van der Waals surface area contributed by atoms with E-state index in [0.717, 1.165) is 17.6 Å². The van der Waals surface area contributed by atoms with Crippen molar-refractivity contribution in [2.75, 3.05) is 6.61 Å². The molecule has 138 valence electrons. The molecule has 0 aromatic heterocycles. The van der Waals surface area contributed by atoms with Crippen LogP contribution in [0.5, 0.6) is 0 Å². The molecule has 2 bridgehead atoms. The first-order valence-electron chi connectivity index (χ1n) is 9.54. The van der Waals surface area contributed by atoms with E-state index in [0.29, 0.717) is 12.3 Å². The minimum atomic E-state index is -0.646. The SMILES string of the molecule is CC1=C(C(=O)N2C(=O)OC[C@@H]2Cc2ccccc2)C(=O)[C@H]2[C@@H]1[C@@H]1C=C[C@H]2C1. The average molecular weight is 363 g/mol. The molecular formula is C22H21NO4. The maximum atomic E-state index is 13.3. The number of carbonyl (C=O) groups is 3. The molecule has 5 nitrogen and oxygen atoms in total. The molecule has 2 fully saturated rings. The van der Waals surface area contributed by atoms with Crippen LogP contribution in [-0.4, -0.2) is 35.3 Å². The number of imide groups is 1. The van der Waals surface area contributed by atoms with Crippen LogP contribution in [0.25, 0.3) is 0 Å². The van der Waals surface area contributed by atoms with Gasteiger partial charge < -0.3 is 4.74 Å². The Morgan fingerprint density at radius 2 is 1.81 bits per heavy atom. The van der Waals surface area contributed by atoms with E-state index in [2.05, 4.69) is 12.2 Å². The predicted molar refractivity (Wildman–Crippen MR) is 97.6 cm³/mol. The number of carbonyl (C=O) groups excluding carboxylic acids is 3. The van der Waals surface area contributed by atoms with Gasteiger partial charge in [-0.05, 0) is 43.1 Å². The Balaban J connectivity index is 1.44. The summed E-state index contributed by atoms with van der Waals surface area (Å²) in [4.78, 5) is 39.8. The number of hydrogen-bond donors (Lipinski definition) is 0. The first-order chi connectivity index (χ1) is 13.1. The molecule has 1 heterocycles. The van der Waals surface area contributed by atoms with E-state index in [4.69, 9.17) is 4.74 Å². The van der Waals surface area contributed by atoms with Gasteiger partial charge in [-0.25, -0.2) is 9.69 Å². The van der Waals surface area contributed by atoms with E-state index in [1.165, 1.54) is 4.90 Å². The van der Waals surface area contributed by atoms with Crippen LogP contribution in [0.15, 0.2) is 53.6 Å². The number of fused-ring (bicyclic) bond motifs is 5. The third kappa shape index (κ3) is 2.34. The quantitative estimate of drug-likeness (QED) is 0.612. The summed E-state index contributed by atoms with van der Waals surface area (Å²) in [6, 6.07) is 9.33. The molecule has 0 N–H and O–H groups in total. The lowest BCUT2D eigenvalue weighted by atomic mass is 9.82. The Morgan fingerprint density at radius 1 is 1.11 bits per heavy atom. The molecule has 1 aromatic carbocycles. The van der Waals surface area contributed by atoms with Crippen molar-refractivity contribution in [3.8, 4) is 0 Å². The second-order valence-electron chi connectivity index (χ2n) is 8.02. The van der Waals surface area contributed by atoms with Crippen LogP contribution in [0, 0.1) is 23.7 Å². The molecule has 1 saturated heterocycles. The van der Waals surface area contributed by atoms with Crippen LogP contribution in [0.4, 0.5) is 4.79 Å². The highest BCUT2D eigenvalue weighted by Crippen LogP contribution is 2.56. The number of amides is 2. The Labute approximate surface area is 157 Å². The van der Waals surface area contributed by atoms with Crippen molar-refractivity contribution >= 4 is 17.8 Å². The van der Waals surface area contributed by atoms with Crippen molar-refractivity contribution in [1.29, 1.82) is 0 Å². The number of Topliss-reactive ketones (excluding diaryl/α,β-unsaturated/α-hetero) is 1. The summed E-state index contributed by atoms with van der Waals surface area (Å²) in [6.45, 7) is 2.05. The van der Waals surface area contributed by atoms with Gasteiger partial charge in [-0.15, -0.1) is 0 Å². The number of ether oxygens (including phenoxy) is 1. The number of ketones is 1. The van der Waals surface area contributed by atoms with Gasteiger partial charge in [-0.3, -0.25) is 9.59 Å². The van der Waals surface area contributed by atoms with Gasteiger partial charge in [0.15, 0.2) is 5.78 Å². The van der Waals surface area contributed by atoms with Gasteiger partial charge in [0, 0.05) is 5.92 Å². The second kappa shape index (κ2) is 5.91. The van der Waals surface area contributed by atoms with Crippen LogP contribution < -0.4 is 0 Å². The van der Waals surface area contributed by atoms with Gasteiger partial charge in [0.25, 0.3) is 5.91 Å². The number of allylic oxidation sites excluding steroid dienone is 3. The van der Waals surface area contributed by atoms with Crippen LogP contribution >= 0.6 is 0 Å². The molecule has 5 rings (SSSR count). The molecule has 1 saturated carbocycles. The van der Waals surface area contributed by atoms with Gasteiger partial charge in [0.1, 0.15) is 6.61 Å². The fourth-order valence-electron chi connectivity index (χ4n) is 5.44. The molecule has 5 heteroatoms.